The molecule has 40 heavy (non-hydrogen) atoms. The van der Waals surface area contributed by atoms with Crippen molar-refractivity contribution in [2.24, 2.45) is 0 Å². The number of thiocarbonyl (C=S) groups is 1. The molecule has 0 saturated carbocycles. The summed E-state index contributed by atoms with van der Waals surface area (Å²) in [5.74, 6) is 1.03. The third kappa shape index (κ3) is 5.23. The number of anilines is 2. The molecule has 2 aromatic heterocycles. The van der Waals surface area contributed by atoms with Gasteiger partial charge in [0.15, 0.2) is 5.11 Å². The first kappa shape index (κ1) is 27.2. The molecule has 2 N–H and O–H groups in total. The van der Waals surface area contributed by atoms with Crippen LogP contribution in [0.15, 0.2) is 79.0 Å². The first-order chi connectivity index (χ1) is 19.4. The largest absolute Gasteiger partial charge is 0.497 e. The number of pyridine rings is 1. The number of rotatable bonds is 9. The number of methoxy groups -OCH3 is 3. The summed E-state index contributed by atoms with van der Waals surface area (Å²) in [5, 5.41) is 6.93. The number of carbonyl (C=O) groups is 1. The van der Waals surface area contributed by atoms with Gasteiger partial charge in [0.2, 0.25) is 5.91 Å². The molecule has 0 unspecified atom stereocenters. The fourth-order valence-electron chi connectivity index (χ4n) is 5.07. The Kier molecular flexibility index (Phi) is 7.99. The van der Waals surface area contributed by atoms with Crippen molar-refractivity contribution in [3.05, 3.63) is 96.1 Å². The Morgan fingerprint density at radius 2 is 1.77 bits per heavy atom. The number of nitrogens with zero attached hydrogens (tertiary/aromatic N) is 3. The molecule has 1 saturated heterocycles. The standard InChI is InChI=1S/C30H31N5O4S/c1-19-8-14-25(34(19)20-9-12-22(38-3)13-10-20)29-28(23-7-5-6-16-31-23)33-30(40)35(29)21-11-15-26(39-4)24(17-21)32-27(36)18-37-2/h5-17,28-29H,18H2,1-4H3,(H,32,36)(H,33,40)/t28-,29+/m1/s1. The number of benzene rings is 2. The van der Waals surface area contributed by atoms with Gasteiger partial charge in [-0.3, -0.25) is 9.78 Å². The van der Waals surface area contributed by atoms with E-state index >= 15 is 0 Å². The number of nitrogens with one attached hydrogen (secondary N) is 2. The first-order valence-corrected chi connectivity index (χ1v) is 13.2. The summed E-state index contributed by atoms with van der Waals surface area (Å²) in [7, 11) is 4.69. The average molecular weight is 558 g/mol. The highest BCUT2D eigenvalue weighted by Gasteiger charge is 2.42. The van der Waals surface area contributed by atoms with E-state index in [-0.39, 0.29) is 24.6 Å². The van der Waals surface area contributed by atoms with Gasteiger partial charge in [0.05, 0.1) is 31.6 Å². The van der Waals surface area contributed by atoms with Crippen LogP contribution in [0.3, 0.4) is 0 Å². The van der Waals surface area contributed by atoms with Crippen LogP contribution in [0.4, 0.5) is 11.4 Å². The molecule has 1 aliphatic heterocycles. The van der Waals surface area contributed by atoms with E-state index in [1.165, 1.54) is 7.11 Å². The summed E-state index contributed by atoms with van der Waals surface area (Å²) in [6, 6.07) is 23.1. The highest BCUT2D eigenvalue weighted by Crippen LogP contribution is 2.44. The average Bonchev–Trinajstić information content (AvgIpc) is 3.52. The second kappa shape index (κ2) is 11.8. The van der Waals surface area contributed by atoms with Crippen molar-refractivity contribution in [2.75, 3.05) is 38.2 Å². The second-order valence-electron chi connectivity index (χ2n) is 9.30. The zero-order valence-corrected chi connectivity index (χ0v) is 23.6. The molecule has 2 aromatic carbocycles. The van der Waals surface area contributed by atoms with Crippen molar-refractivity contribution in [1.82, 2.24) is 14.9 Å². The van der Waals surface area contributed by atoms with E-state index in [4.69, 9.17) is 26.4 Å². The van der Waals surface area contributed by atoms with Crippen LogP contribution in [0.1, 0.15) is 29.2 Å². The maximum Gasteiger partial charge on any atom is 0.250 e. The van der Waals surface area contributed by atoms with Crippen molar-refractivity contribution in [1.29, 1.82) is 0 Å². The molecule has 4 aromatic rings. The van der Waals surface area contributed by atoms with E-state index < -0.39 is 0 Å². The van der Waals surface area contributed by atoms with Crippen LogP contribution >= 0.6 is 12.2 Å². The molecule has 2 atom stereocenters. The van der Waals surface area contributed by atoms with Gasteiger partial charge < -0.3 is 34.3 Å². The molecular formula is C30H31N5O4S. The molecule has 206 valence electrons. The maximum atomic E-state index is 12.4. The Bertz CT molecular complexity index is 1510. The monoisotopic (exact) mass is 557 g/mol. The van der Waals surface area contributed by atoms with E-state index in [0.29, 0.717) is 16.5 Å². The van der Waals surface area contributed by atoms with Gasteiger partial charge in [-0.15, -0.1) is 0 Å². The number of aromatic nitrogens is 2. The number of amides is 1. The smallest absolute Gasteiger partial charge is 0.250 e. The lowest BCUT2D eigenvalue weighted by atomic mass is 10.0. The topological polar surface area (TPSA) is 89.9 Å². The number of carbonyl (C=O) groups excluding carboxylic acids is 1. The third-order valence-electron chi connectivity index (χ3n) is 6.85. The summed E-state index contributed by atoms with van der Waals surface area (Å²) >= 11 is 5.93. The molecule has 10 heteroatoms. The number of aryl methyl sites for hydroxylation is 1. The molecular weight excluding hydrogens is 526 g/mol. The number of hydrogen-bond acceptors (Lipinski definition) is 6. The third-order valence-corrected chi connectivity index (χ3v) is 7.16. The van der Waals surface area contributed by atoms with Gasteiger partial charge in [-0.1, -0.05) is 6.07 Å². The SMILES string of the molecule is COCC(=O)Nc1cc(N2C(=S)N[C@H](c3ccccn3)[C@@H]2c2ccc(C)n2-c2ccc(OC)cc2)ccc1OC. The summed E-state index contributed by atoms with van der Waals surface area (Å²) in [6.07, 6.45) is 1.78. The second-order valence-corrected chi connectivity index (χ2v) is 9.68. The van der Waals surface area contributed by atoms with Crippen molar-refractivity contribution in [3.8, 4) is 17.2 Å². The summed E-state index contributed by atoms with van der Waals surface area (Å²) < 4.78 is 18.1. The van der Waals surface area contributed by atoms with Gasteiger partial charge in [-0.25, -0.2) is 0 Å². The Labute approximate surface area is 238 Å². The summed E-state index contributed by atoms with van der Waals surface area (Å²) in [6.45, 7) is 2.00. The van der Waals surface area contributed by atoms with Crippen LogP contribution in [0.5, 0.6) is 11.5 Å². The van der Waals surface area contributed by atoms with Crippen LogP contribution in [0, 0.1) is 6.92 Å². The quantitative estimate of drug-likeness (QED) is 0.279. The molecule has 0 radical (unpaired) electrons. The van der Waals surface area contributed by atoms with Gasteiger partial charge in [0.1, 0.15) is 24.1 Å². The molecule has 1 fully saturated rings. The highest BCUT2D eigenvalue weighted by atomic mass is 32.1. The van der Waals surface area contributed by atoms with Crippen LogP contribution in [0.25, 0.3) is 5.69 Å². The van der Waals surface area contributed by atoms with E-state index in [1.807, 2.05) is 60.7 Å². The zero-order chi connectivity index (χ0) is 28.2. The van der Waals surface area contributed by atoms with Crippen molar-refractivity contribution < 1.29 is 19.0 Å². The predicted octanol–water partition coefficient (Wildman–Crippen LogP) is 4.96. The van der Waals surface area contributed by atoms with Crippen LogP contribution in [0.2, 0.25) is 0 Å². The highest BCUT2D eigenvalue weighted by molar-refractivity contribution is 7.80. The first-order valence-electron chi connectivity index (χ1n) is 12.7. The lowest BCUT2D eigenvalue weighted by Gasteiger charge is -2.30. The minimum absolute atomic E-state index is 0.0733. The molecule has 5 rings (SSSR count). The van der Waals surface area contributed by atoms with Crippen molar-refractivity contribution in [2.45, 2.75) is 19.0 Å². The van der Waals surface area contributed by atoms with Crippen LogP contribution in [-0.4, -0.2) is 48.5 Å². The van der Waals surface area contributed by atoms with Gasteiger partial charge in [-0.05, 0) is 85.9 Å². The van der Waals surface area contributed by atoms with E-state index in [0.717, 1.165) is 34.2 Å². The molecule has 3 heterocycles. The van der Waals surface area contributed by atoms with Crippen molar-refractivity contribution >= 4 is 34.6 Å². The molecule has 0 aliphatic carbocycles. The Balaban J connectivity index is 1.65. The van der Waals surface area contributed by atoms with Gasteiger partial charge in [-0.2, -0.15) is 0 Å². The lowest BCUT2D eigenvalue weighted by molar-refractivity contribution is -0.119. The number of hydrogen-bond donors (Lipinski definition) is 2. The molecule has 0 spiro atoms. The van der Waals surface area contributed by atoms with Crippen LogP contribution in [-0.2, 0) is 9.53 Å². The fraction of sp³-hybridized carbons (Fsp3) is 0.233. The summed E-state index contributed by atoms with van der Waals surface area (Å²) in [5.41, 5.74) is 5.25. The minimum atomic E-state index is -0.285. The predicted molar refractivity (Wildman–Crippen MR) is 158 cm³/mol. The lowest BCUT2D eigenvalue weighted by Crippen LogP contribution is -2.30. The Morgan fingerprint density at radius 1 is 1.00 bits per heavy atom. The van der Waals surface area contributed by atoms with Crippen molar-refractivity contribution in [3.63, 3.8) is 0 Å². The van der Waals surface area contributed by atoms with E-state index in [1.54, 1.807) is 20.4 Å². The zero-order valence-electron chi connectivity index (χ0n) is 22.8. The Morgan fingerprint density at radius 3 is 2.45 bits per heavy atom. The van der Waals surface area contributed by atoms with Gasteiger partial charge in [0.25, 0.3) is 0 Å². The van der Waals surface area contributed by atoms with Crippen LogP contribution < -0.4 is 25.0 Å². The van der Waals surface area contributed by atoms with Gasteiger partial charge >= 0.3 is 0 Å². The maximum absolute atomic E-state index is 12.4. The van der Waals surface area contributed by atoms with E-state index in [9.17, 15) is 4.79 Å². The van der Waals surface area contributed by atoms with E-state index in [2.05, 4.69) is 44.1 Å². The van der Waals surface area contributed by atoms with Gasteiger partial charge in [0, 0.05) is 36.1 Å². The fourth-order valence-corrected chi connectivity index (χ4v) is 5.41. The minimum Gasteiger partial charge on any atom is -0.497 e. The molecule has 9 nitrogen and oxygen atoms in total. The molecule has 0 bridgehead atoms. The molecule has 1 amide bonds. The Hall–Kier alpha value is -4.41. The number of ether oxygens (including phenoxy) is 3. The molecule has 1 aliphatic rings. The normalized spacial score (nSPS) is 16.5. The summed E-state index contributed by atoms with van der Waals surface area (Å²) in [4.78, 5) is 19.1.